The number of nitrogens with two attached hydrogens (primary N) is 1. The second-order valence-electron chi connectivity index (χ2n) is 4.43. The first-order chi connectivity index (χ1) is 9.34. The molecule has 1 amide bonds. The molecule has 0 spiro atoms. The second kappa shape index (κ2) is 7.37. The van der Waals surface area contributed by atoms with Crippen LogP contribution in [0.3, 0.4) is 0 Å². The Kier molecular flexibility index (Phi) is 6.12. The van der Waals surface area contributed by atoms with Crippen LogP contribution in [0.2, 0.25) is 0 Å². The summed E-state index contributed by atoms with van der Waals surface area (Å²) in [6.45, 7) is 4.72. The van der Waals surface area contributed by atoms with Crippen LogP contribution in [0, 0.1) is 6.92 Å². The number of nitrogens with one attached hydrogen (secondary N) is 1. The summed E-state index contributed by atoms with van der Waals surface area (Å²) in [7, 11) is -3.78. The van der Waals surface area contributed by atoms with E-state index in [4.69, 9.17) is 9.88 Å². The fourth-order valence-corrected chi connectivity index (χ4v) is 2.08. The number of primary sulfonamides is 1. The van der Waals surface area contributed by atoms with Crippen molar-refractivity contribution in [3.05, 3.63) is 23.8 Å². The molecule has 1 aromatic carbocycles. The van der Waals surface area contributed by atoms with E-state index in [-0.39, 0.29) is 17.2 Å². The molecule has 0 radical (unpaired) electrons. The Balaban J connectivity index is 2.69. The lowest BCUT2D eigenvalue weighted by Gasteiger charge is -2.10. The molecule has 0 aliphatic rings. The maximum Gasteiger partial charge on any atom is 0.238 e. The van der Waals surface area contributed by atoms with Gasteiger partial charge in [0.2, 0.25) is 15.9 Å². The van der Waals surface area contributed by atoms with Gasteiger partial charge in [0.15, 0.2) is 0 Å². The highest BCUT2D eigenvalue weighted by molar-refractivity contribution is 7.89. The first-order valence-corrected chi connectivity index (χ1v) is 7.90. The van der Waals surface area contributed by atoms with E-state index < -0.39 is 10.0 Å². The normalized spacial score (nSPS) is 11.3. The summed E-state index contributed by atoms with van der Waals surface area (Å²) < 4.78 is 27.8. The lowest BCUT2D eigenvalue weighted by atomic mass is 10.2. The lowest BCUT2D eigenvalue weighted by molar-refractivity contribution is -0.117. The number of rotatable bonds is 7. The van der Waals surface area contributed by atoms with Crippen molar-refractivity contribution in [1.29, 1.82) is 0 Å². The largest absolute Gasteiger partial charge is 0.381 e. The zero-order valence-electron chi connectivity index (χ0n) is 11.7. The second-order valence-corrected chi connectivity index (χ2v) is 5.99. The number of carbonyl (C=O) groups is 1. The number of amides is 1. The van der Waals surface area contributed by atoms with E-state index >= 15 is 0 Å². The number of sulfonamides is 1. The first kappa shape index (κ1) is 16.6. The first-order valence-electron chi connectivity index (χ1n) is 6.35. The number of benzene rings is 1. The van der Waals surface area contributed by atoms with Crippen molar-refractivity contribution in [1.82, 2.24) is 0 Å². The number of carbonyl (C=O) groups excluding carboxylic acids is 1. The minimum Gasteiger partial charge on any atom is -0.381 e. The lowest BCUT2D eigenvalue weighted by Crippen LogP contribution is -2.17. The van der Waals surface area contributed by atoms with E-state index in [0.717, 1.165) is 12.0 Å². The highest BCUT2D eigenvalue weighted by Gasteiger charge is 2.11. The number of hydrogen-bond acceptors (Lipinski definition) is 4. The van der Waals surface area contributed by atoms with Crippen LogP contribution >= 0.6 is 0 Å². The maximum atomic E-state index is 11.7. The molecule has 112 valence electrons. The molecule has 6 nitrogen and oxygen atoms in total. The van der Waals surface area contributed by atoms with Crippen LogP contribution in [-0.4, -0.2) is 27.5 Å². The van der Waals surface area contributed by atoms with Crippen molar-refractivity contribution < 1.29 is 17.9 Å². The molecule has 1 rings (SSSR count). The van der Waals surface area contributed by atoms with E-state index in [9.17, 15) is 13.2 Å². The molecule has 0 aromatic heterocycles. The number of aryl methyl sites for hydroxylation is 1. The Morgan fingerprint density at radius 2 is 2.05 bits per heavy atom. The van der Waals surface area contributed by atoms with Crippen LogP contribution in [0.15, 0.2) is 23.1 Å². The third-order valence-corrected chi connectivity index (χ3v) is 3.54. The van der Waals surface area contributed by atoms with Crippen molar-refractivity contribution in [3.63, 3.8) is 0 Å². The van der Waals surface area contributed by atoms with Gasteiger partial charge in [-0.2, -0.15) is 0 Å². The van der Waals surface area contributed by atoms with Crippen LogP contribution < -0.4 is 10.5 Å². The van der Waals surface area contributed by atoms with Crippen molar-refractivity contribution in [2.75, 3.05) is 18.5 Å². The number of anilines is 1. The van der Waals surface area contributed by atoms with Crippen molar-refractivity contribution in [3.8, 4) is 0 Å². The quantitative estimate of drug-likeness (QED) is 0.743. The molecule has 0 unspecified atom stereocenters. The molecule has 0 fully saturated rings. The summed E-state index contributed by atoms with van der Waals surface area (Å²) in [5.74, 6) is -0.226. The Morgan fingerprint density at radius 3 is 2.65 bits per heavy atom. The van der Waals surface area contributed by atoms with Crippen molar-refractivity contribution >= 4 is 21.6 Å². The standard InChI is InChI=1S/C13H20N2O4S/c1-3-7-19-8-6-13(16)15-12-9-11(20(14,17)18)5-4-10(12)2/h4-5,9H,3,6-8H2,1-2H3,(H,15,16)(H2,14,17,18). The van der Waals surface area contributed by atoms with Gasteiger partial charge in [-0.05, 0) is 31.0 Å². The average Bonchev–Trinajstić information content (AvgIpc) is 2.36. The van der Waals surface area contributed by atoms with E-state index in [2.05, 4.69) is 5.32 Å². The fraction of sp³-hybridized carbons (Fsp3) is 0.462. The van der Waals surface area contributed by atoms with Gasteiger partial charge < -0.3 is 10.1 Å². The summed E-state index contributed by atoms with van der Waals surface area (Å²) in [6.07, 6.45) is 1.12. The fourth-order valence-electron chi connectivity index (χ4n) is 1.54. The summed E-state index contributed by atoms with van der Waals surface area (Å²) in [5, 5.41) is 7.72. The van der Waals surface area contributed by atoms with Gasteiger partial charge in [-0.3, -0.25) is 4.79 Å². The van der Waals surface area contributed by atoms with Crippen LogP contribution in [0.5, 0.6) is 0 Å². The van der Waals surface area contributed by atoms with Gasteiger partial charge in [0.05, 0.1) is 17.9 Å². The summed E-state index contributed by atoms with van der Waals surface area (Å²) in [4.78, 5) is 11.7. The van der Waals surface area contributed by atoms with Crippen LogP contribution in [0.25, 0.3) is 0 Å². The predicted octanol–water partition coefficient (Wildman–Crippen LogP) is 1.40. The minimum absolute atomic E-state index is 0.0272. The van der Waals surface area contributed by atoms with Gasteiger partial charge in [-0.25, -0.2) is 13.6 Å². The van der Waals surface area contributed by atoms with E-state index in [1.807, 2.05) is 6.92 Å². The maximum absolute atomic E-state index is 11.7. The highest BCUT2D eigenvalue weighted by atomic mass is 32.2. The molecule has 0 aliphatic heterocycles. The summed E-state index contributed by atoms with van der Waals surface area (Å²) in [6, 6.07) is 4.36. The molecule has 0 atom stereocenters. The summed E-state index contributed by atoms with van der Waals surface area (Å²) in [5.41, 5.74) is 1.21. The van der Waals surface area contributed by atoms with Crippen molar-refractivity contribution in [2.45, 2.75) is 31.6 Å². The van der Waals surface area contributed by atoms with Gasteiger partial charge >= 0.3 is 0 Å². The zero-order valence-corrected chi connectivity index (χ0v) is 12.5. The molecule has 0 saturated carbocycles. The van der Waals surface area contributed by atoms with Gasteiger partial charge in [-0.15, -0.1) is 0 Å². The molecule has 0 bridgehead atoms. The Hall–Kier alpha value is -1.44. The SMILES string of the molecule is CCCOCCC(=O)Nc1cc(S(N)(=O)=O)ccc1C. The van der Waals surface area contributed by atoms with Crippen LogP contribution in [0.1, 0.15) is 25.3 Å². The molecule has 3 N–H and O–H groups in total. The predicted molar refractivity (Wildman–Crippen MR) is 76.9 cm³/mol. The number of ether oxygens (including phenoxy) is 1. The van der Waals surface area contributed by atoms with Crippen LogP contribution in [0.4, 0.5) is 5.69 Å². The average molecular weight is 300 g/mol. The van der Waals surface area contributed by atoms with Gasteiger partial charge in [0.1, 0.15) is 0 Å². The smallest absolute Gasteiger partial charge is 0.238 e. The van der Waals surface area contributed by atoms with E-state index in [0.29, 0.717) is 18.9 Å². The number of hydrogen-bond donors (Lipinski definition) is 2. The molecule has 20 heavy (non-hydrogen) atoms. The summed E-state index contributed by atoms with van der Waals surface area (Å²) >= 11 is 0. The minimum atomic E-state index is -3.78. The van der Waals surface area contributed by atoms with Gasteiger partial charge in [0, 0.05) is 12.3 Å². The Bertz CT molecular complexity index is 570. The topological polar surface area (TPSA) is 98.5 Å². The van der Waals surface area contributed by atoms with E-state index in [1.54, 1.807) is 13.0 Å². The third kappa shape index (κ3) is 5.28. The van der Waals surface area contributed by atoms with E-state index in [1.165, 1.54) is 12.1 Å². The Labute approximate surface area is 119 Å². The Morgan fingerprint density at radius 1 is 1.35 bits per heavy atom. The van der Waals surface area contributed by atoms with Gasteiger partial charge in [0.25, 0.3) is 0 Å². The van der Waals surface area contributed by atoms with Crippen molar-refractivity contribution in [2.24, 2.45) is 5.14 Å². The third-order valence-electron chi connectivity index (χ3n) is 2.63. The molecular weight excluding hydrogens is 280 g/mol. The molecular formula is C13H20N2O4S. The molecule has 1 aromatic rings. The zero-order chi connectivity index (χ0) is 15.2. The highest BCUT2D eigenvalue weighted by Crippen LogP contribution is 2.19. The molecule has 0 aliphatic carbocycles. The molecule has 7 heteroatoms. The van der Waals surface area contributed by atoms with Crippen LogP contribution in [-0.2, 0) is 19.6 Å². The van der Waals surface area contributed by atoms with Gasteiger partial charge in [-0.1, -0.05) is 13.0 Å². The molecule has 0 saturated heterocycles. The monoisotopic (exact) mass is 300 g/mol. The molecule has 0 heterocycles.